The molecule has 0 fully saturated rings. The van der Waals surface area contributed by atoms with Gasteiger partial charge in [-0.25, -0.2) is 4.39 Å². The number of ether oxygens (including phenoxy) is 1. The first-order valence-electron chi connectivity index (χ1n) is 4.51. The number of methoxy groups -OCH3 is 1. The lowest BCUT2D eigenvalue weighted by Gasteiger charge is -2.31. The lowest BCUT2D eigenvalue weighted by molar-refractivity contribution is -0.349. The Kier molecular flexibility index (Phi) is 3.51. The summed E-state index contributed by atoms with van der Waals surface area (Å²) in [6.07, 6.45) is -12.3. The fourth-order valence-electron chi connectivity index (χ4n) is 1.40. The number of hydrogen-bond acceptors (Lipinski definition) is 1. The molecule has 0 aromatic heterocycles. The second-order valence-electron chi connectivity index (χ2n) is 3.35. The van der Waals surface area contributed by atoms with Gasteiger partial charge in [0.05, 0.1) is 7.11 Å². The van der Waals surface area contributed by atoms with E-state index in [2.05, 4.69) is 4.74 Å². The van der Waals surface area contributed by atoms with Gasteiger partial charge in [-0.05, 0) is 6.07 Å². The van der Waals surface area contributed by atoms with Gasteiger partial charge < -0.3 is 4.74 Å². The second-order valence-corrected chi connectivity index (χ2v) is 3.35. The van der Waals surface area contributed by atoms with E-state index in [9.17, 15) is 30.7 Å². The molecule has 0 aliphatic rings. The fraction of sp³-hybridized carbons (Fsp3) is 0.400. The Balaban J connectivity index is 3.56. The maximum Gasteiger partial charge on any atom is 0.436 e. The molecule has 1 rings (SSSR count). The predicted octanol–water partition coefficient (Wildman–Crippen LogP) is 3.98. The van der Waals surface area contributed by atoms with Crippen LogP contribution in [0.4, 0.5) is 30.7 Å². The minimum absolute atomic E-state index is 0.389. The van der Waals surface area contributed by atoms with E-state index in [1.165, 1.54) is 0 Å². The summed E-state index contributed by atoms with van der Waals surface area (Å²) < 4.78 is 92.7. The third-order valence-corrected chi connectivity index (χ3v) is 2.26. The van der Waals surface area contributed by atoms with Gasteiger partial charge in [-0.3, -0.25) is 0 Å². The number of hydrogen-bond donors (Lipinski definition) is 0. The summed E-state index contributed by atoms with van der Waals surface area (Å²) >= 11 is 0. The molecule has 0 atom stereocenters. The van der Waals surface area contributed by atoms with Crippen LogP contribution >= 0.6 is 0 Å². The van der Waals surface area contributed by atoms with Crippen molar-refractivity contribution in [2.24, 2.45) is 0 Å². The van der Waals surface area contributed by atoms with E-state index in [4.69, 9.17) is 0 Å². The molecule has 0 unspecified atom stereocenters. The van der Waals surface area contributed by atoms with E-state index in [0.717, 1.165) is 25.3 Å². The highest BCUT2D eigenvalue weighted by Gasteiger charge is 2.74. The van der Waals surface area contributed by atoms with Crippen LogP contribution < -0.4 is 4.74 Å². The molecule has 0 amide bonds. The van der Waals surface area contributed by atoms with E-state index in [1.54, 1.807) is 0 Å². The molecule has 0 N–H and O–H groups in total. The van der Waals surface area contributed by atoms with Gasteiger partial charge >= 0.3 is 18.0 Å². The van der Waals surface area contributed by atoms with Crippen LogP contribution in [-0.2, 0) is 5.67 Å². The lowest BCUT2D eigenvalue weighted by Crippen LogP contribution is -2.50. The van der Waals surface area contributed by atoms with Crippen molar-refractivity contribution in [3.8, 4) is 5.75 Å². The van der Waals surface area contributed by atoms with Crippen molar-refractivity contribution in [3.63, 3.8) is 0 Å². The first-order valence-corrected chi connectivity index (χ1v) is 4.51. The summed E-state index contributed by atoms with van der Waals surface area (Å²) in [5.74, 6) is -0.824. The normalized spacial score (nSPS) is 13.6. The van der Waals surface area contributed by atoms with Crippen molar-refractivity contribution >= 4 is 0 Å². The van der Waals surface area contributed by atoms with Gasteiger partial charge in [0.1, 0.15) is 5.75 Å². The topological polar surface area (TPSA) is 9.23 Å². The highest BCUT2D eigenvalue weighted by molar-refractivity contribution is 5.40. The second kappa shape index (κ2) is 4.33. The minimum Gasteiger partial charge on any atom is -0.496 e. The quantitative estimate of drug-likeness (QED) is 0.742. The zero-order valence-corrected chi connectivity index (χ0v) is 8.86. The summed E-state index contributed by atoms with van der Waals surface area (Å²) in [5.41, 5.74) is -7.08. The molecule has 0 heterocycles. The van der Waals surface area contributed by atoms with Crippen LogP contribution in [0.2, 0.25) is 0 Å². The van der Waals surface area contributed by atoms with E-state index in [0.29, 0.717) is 6.07 Å². The van der Waals surface area contributed by atoms with Crippen LogP contribution in [0.5, 0.6) is 5.75 Å². The van der Waals surface area contributed by atoms with Crippen molar-refractivity contribution in [1.82, 2.24) is 0 Å². The third kappa shape index (κ3) is 2.11. The Morgan fingerprint density at radius 3 is 1.67 bits per heavy atom. The smallest absolute Gasteiger partial charge is 0.436 e. The first-order chi connectivity index (χ1) is 8.05. The van der Waals surface area contributed by atoms with Gasteiger partial charge in [0.2, 0.25) is 0 Å². The molecular formula is C10H7F7O. The number of halogens is 7. The molecule has 0 saturated heterocycles. The fourth-order valence-corrected chi connectivity index (χ4v) is 1.40. The Labute approximate surface area is 97.2 Å². The van der Waals surface area contributed by atoms with Gasteiger partial charge in [0.25, 0.3) is 0 Å². The van der Waals surface area contributed by atoms with E-state index in [-0.39, 0.29) is 0 Å². The van der Waals surface area contributed by atoms with E-state index in [1.807, 2.05) is 0 Å². The number of alkyl halides is 7. The average molecular weight is 276 g/mol. The maximum atomic E-state index is 13.7. The molecule has 1 aromatic rings. The summed E-state index contributed by atoms with van der Waals surface area (Å²) in [7, 11) is 0.853. The SMILES string of the molecule is COc1ccccc1C(F)(C(F)(F)F)C(F)(F)F. The zero-order valence-electron chi connectivity index (χ0n) is 8.86. The van der Waals surface area contributed by atoms with Gasteiger partial charge in [-0.1, -0.05) is 18.2 Å². The summed E-state index contributed by atoms with van der Waals surface area (Å²) in [6, 6.07) is 3.21. The molecule has 1 aromatic carbocycles. The molecule has 1 nitrogen and oxygen atoms in total. The van der Waals surface area contributed by atoms with Crippen molar-refractivity contribution in [1.29, 1.82) is 0 Å². The zero-order chi connectivity index (χ0) is 14.2. The van der Waals surface area contributed by atoms with Crippen molar-refractivity contribution < 1.29 is 35.5 Å². The van der Waals surface area contributed by atoms with Crippen molar-refractivity contribution in [2.75, 3.05) is 7.11 Å². The van der Waals surface area contributed by atoms with Crippen LogP contribution in [0.1, 0.15) is 5.56 Å². The van der Waals surface area contributed by atoms with Gasteiger partial charge in [0.15, 0.2) is 0 Å². The average Bonchev–Trinajstić information content (AvgIpc) is 2.24. The van der Waals surface area contributed by atoms with Gasteiger partial charge in [-0.15, -0.1) is 0 Å². The van der Waals surface area contributed by atoms with Gasteiger partial charge in [0, 0.05) is 5.56 Å². The molecule has 0 aliphatic heterocycles. The minimum atomic E-state index is -6.14. The Morgan fingerprint density at radius 2 is 1.28 bits per heavy atom. The number of para-hydroxylation sites is 1. The molecule has 8 heteroatoms. The predicted molar refractivity (Wildman–Crippen MR) is 47.9 cm³/mol. The highest BCUT2D eigenvalue weighted by atomic mass is 19.4. The number of rotatable bonds is 2. The molecular weight excluding hydrogens is 269 g/mol. The van der Waals surface area contributed by atoms with Gasteiger partial charge in [-0.2, -0.15) is 26.3 Å². The molecule has 0 bridgehead atoms. The monoisotopic (exact) mass is 276 g/mol. The van der Waals surface area contributed by atoms with Crippen LogP contribution in [0, 0.1) is 0 Å². The van der Waals surface area contributed by atoms with E-state index < -0.39 is 29.3 Å². The first kappa shape index (κ1) is 14.6. The molecule has 18 heavy (non-hydrogen) atoms. The third-order valence-electron chi connectivity index (χ3n) is 2.26. The van der Waals surface area contributed by atoms with Crippen molar-refractivity contribution in [2.45, 2.75) is 18.0 Å². The molecule has 0 aliphatic carbocycles. The molecule has 0 saturated carbocycles. The molecule has 102 valence electrons. The Hall–Kier alpha value is -1.47. The summed E-state index contributed by atoms with van der Waals surface area (Å²) in [5, 5.41) is 0. The van der Waals surface area contributed by atoms with Crippen LogP contribution in [0.25, 0.3) is 0 Å². The largest absolute Gasteiger partial charge is 0.496 e. The Morgan fingerprint density at radius 1 is 0.833 bits per heavy atom. The van der Waals surface area contributed by atoms with E-state index >= 15 is 0 Å². The molecule has 0 spiro atoms. The lowest BCUT2D eigenvalue weighted by atomic mass is 9.93. The number of benzene rings is 1. The molecule has 0 radical (unpaired) electrons. The highest BCUT2D eigenvalue weighted by Crippen LogP contribution is 2.55. The van der Waals surface area contributed by atoms with Crippen LogP contribution in [0.3, 0.4) is 0 Å². The van der Waals surface area contributed by atoms with Crippen LogP contribution in [-0.4, -0.2) is 19.5 Å². The van der Waals surface area contributed by atoms with Crippen molar-refractivity contribution in [3.05, 3.63) is 29.8 Å². The van der Waals surface area contributed by atoms with Crippen LogP contribution in [0.15, 0.2) is 24.3 Å². The maximum absolute atomic E-state index is 13.7. The summed E-state index contributed by atoms with van der Waals surface area (Å²) in [6.45, 7) is 0. The standard InChI is InChI=1S/C10H7F7O/c1-18-7-5-3-2-4-6(7)8(11,9(12,13)14)10(15,16)17/h2-5H,1H3. The summed E-state index contributed by atoms with van der Waals surface area (Å²) in [4.78, 5) is 0. The Bertz CT molecular complexity index is 407.